The normalized spacial score (nSPS) is 16.4. The molecule has 0 radical (unpaired) electrons. The highest BCUT2D eigenvalue weighted by Gasteiger charge is 2.20. The monoisotopic (exact) mass is 280 g/mol. The number of anilines is 1. The predicted molar refractivity (Wildman–Crippen MR) is 80.5 cm³/mol. The lowest BCUT2D eigenvalue weighted by Crippen LogP contribution is -2.42. The number of carbonyl (C=O) groups is 1. The lowest BCUT2D eigenvalue weighted by Gasteiger charge is -2.34. The SMILES string of the molecule is CCCOC(=O)c1ccccc1N1CCN(P)CC1. The molecule has 1 aliphatic heterocycles. The van der Waals surface area contributed by atoms with Crippen molar-refractivity contribution >= 4 is 21.0 Å². The lowest BCUT2D eigenvalue weighted by atomic mass is 10.1. The third-order valence-electron chi connectivity index (χ3n) is 3.22. The largest absolute Gasteiger partial charge is 0.462 e. The van der Waals surface area contributed by atoms with E-state index in [2.05, 4.69) is 19.0 Å². The molecule has 4 nitrogen and oxygen atoms in total. The summed E-state index contributed by atoms with van der Waals surface area (Å²) in [5, 5.41) is 0. The topological polar surface area (TPSA) is 32.8 Å². The molecular formula is C14H21N2O2P. The first kappa shape index (κ1) is 14.3. The quantitative estimate of drug-likeness (QED) is 0.625. The number of para-hydroxylation sites is 1. The molecule has 1 aliphatic rings. The molecule has 1 heterocycles. The van der Waals surface area contributed by atoms with Crippen molar-refractivity contribution in [3.63, 3.8) is 0 Å². The molecule has 1 atom stereocenters. The van der Waals surface area contributed by atoms with Crippen molar-refractivity contribution in [1.29, 1.82) is 0 Å². The van der Waals surface area contributed by atoms with Crippen LogP contribution in [0.3, 0.4) is 0 Å². The van der Waals surface area contributed by atoms with Crippen molar-refractivity contribution in [3.05, 3.63) is 29.8 Å². The number of esters is 1. The highest BCUT2D eigenvalue weighted by molar-refractivity contribution is 7.13. The summed E-state index contributed by atoms with van der Waals surface area (Å²) in [5.74, 6) is -0.217. The smallest absolute Gasteiger partial charge is 0.340 e. The van der Waals surface area contributed by atoms with Crippen LogP contribution in [0.4, 0.5) is 5.69 Å². The predicted octanol–water partition coefficient (Wildman–Crippen LogP) is 2.17. The van der Waals surface area contributed by atoms with Gasteiger partial charge in [0.2, 0.25) is 0 Å². The van der Waals surface area contributed by atoms with E-state index in [0.717, 1.165) is 38.3 Å². The molecular weight excluding hydrogens is 259 g/mol. The second-order valence-electron chi connectivity index (χ2n) is 4.68. The summed E-state index contributed by atoms with van der Waals surface area (Å²) in [6.45, 7) is 6.32. The number of ether oxygens (including phenoxy) is 1. The summed E-state index contributed by atoms with van der Waals surface area (Å²) in [6.07, 6.45) is 0.847. The van der Waals surface area contributed by atoms with Crippen LogP contribution in [0.1, 0.15) is 23.7 Å². The minimum absolute atomic E-state index is 0.217. The zero-order chi connectivity index (χ0) is 13.7. The molecule has 1 saturated heterocycles. The van der Waals surface area contributed by atoms with E-state index in [1.165, 1.54) is 0 Å². The Bertz CT molecular complexity index is 431. The molecule has 0 spiro atoms. The van der Waals surface area contributed by atoms with Gasteiger partial charge in [-0.05, 0) is 18.6 Å². The van der Waals surface area contributed by atoms with Crippen LogP contribution in [-0.2, 0) is 4.74 Å². The maximum absolute atomic E-state index is 12.1. The highest BCUT2D eigenvalue weighted by Crippen LogP contribution is 2.23. The van der Waals surface area contributed by atoms with Gasteiger partial charge in [-0.15, -0.1) is 0 Å². The molecule has 0 bridgehead atoms. The van der Waals surface area contributed by atoms with Crippen molar-refractivity contribution in [2.45, 2.75) is 13.3 Å². The van der Waals surface area contributed by atoms with Crippen LogP contribution >= 0.6 is 9.39 Å². The Balaban J connectivity index is 2.14. The van der Waals surface area contributed by atoms with Crippen molar-refractivity contribution in [2.24, 2.45) is 0 Å². The molecule has 0 aliphatic carbocycles. The molecule has 104 valence electrons. The minimum Gasteiger partial charge on any atom is -0.462 e. The van der Waals surface area contributed by atoms with E-state index in [4.69, 9.17) is 4.74 Å². The van der Waals surface area contributed by atoms with Crippen LogP contribution in [0.25, 0.3) is 0 Å². The van der Waals surface area contributed by atoms with Crippen LogP contribution in [0, 0.1) is 0 Å². The van der Waals surface area contributed by atoms with Crippen molar-refractivity contribution in [2.75, 3.05) is 37.7 Å². The average molecular weight is 280 g/mol. The standard InChI is InChI=1S/C14H21N2O2P/c1-2-11-18-14(17)12-5-3-4-6-13(12)15-7-9-16(19)10-8-15/h3-6H,2,7-11,19H2,1H3. The fourth-order valence-corrected chi connectivity index (χ4v) is 2.39. The van der Waals surface area contributed by atoms with Gasteiger partial charge in [0, 0.05) is 26.2 Å². The number of hydrogen-bond donors (Lipinski definition) is 0. The molecule has 1 aromatic rings. The summed E-state index contributed by atoms with van der Waals surface area (Å²) in [7, 11) is 2.73. The van der Waals surface area contributed by atoms with Gasteiger partial charge in [-0.3, -0.25) is 4.67 Å². The maximum atomic E-state index is 12.1. The third kappa shape index (κ3) is 3.68. The zero-order valence-electron chi connectivity index (χ0n) is 11.3. The van der Waals surface area contributed by atoms with E-state index in [1.54, 1.807) is 0 Å². The van der Waals surface area contributed by atoms with Crippen LogP contribution in [0.15, 0.2) is 24.3 Å². The van der Waals surface area contributed by atoms with Crippen LogP contribution in [-0.4, -0.2) is 43.4 Å². The van der Waals surface area contributed by atoms with Gasteiger partial charge in [-0.2, -0.15) is 0 Å². The van der Waals surface area contributed by atoms with E-state index < -0.39 is 0 Å². The summed E-state index contributed by atoms with van der Waals surface area (Å²) in [5.41, 5.74) is 1.66. The second kappa shape index (κ2) is 6.88. The Morgan fingerprint density at radius 2 is 1.95 bits per heavy atom. The lowest BCUT2D eigenvalue weighted by molar-refractivity contribution is 0.0505. The van der Waals surface area contributed by atoms with Gasteiger partial charge < -0.3 is 9.64 Å². The molecule has 0 amide bonds. The number of hydrogen-bond acceptors (Lipinski definition) is 4. The fourth-order valence-electron chi connectivity index (χ4n) is 2.16. The molecule has 19 heavy (non-hydrogen) atoms. The summed E-state index contributed by atoms with van der Waals surface area (Å²) >= 11 is 0. The molecule has 0 saturated carbocycles. The van der Waals surface area contributed by atoms with E-state index in [9.17, 15) is 4.79 Å². The number of carbonyl (C=O) groups excluding carboxylic acids is 1. The Morgan fingerprint density at radius 3 is 2.63 bits per heavy atom. The maximum Gasteiger partial charge on any atom is 0.340 e. The van der Waals surface area contributed by atoms with E-state index >= 15 is 0 Å². The van der Waals surface area contributed by atoms with E-state index in [0.29, 0.717) is 12.2 Å². The molecule has 1 unspecified atom stereocenters. The van der Waals surface area contributed by atoms with E-state index in [1.807, 2.05) is 31.2 Å². The molecule has 1 aromatic carbocycles. The second-order valence-corrected chi connectivity index (χ2v) is 5.41. The first-order chi connectivity index (χ1) is 9.22. The number of benzene rings is 1. The van der Waals surface area contributed by atoms with Gasteiger partial charge in [-0.25, -0.2) is 4.79 Å². The van der Waals surface area contributed by atoms with E-state index in [-0.39, 0.29) is 5.97 Å². The van der Waals surface area contributed by atoms with Gasteiger partial charge in [0.1, 0.15) is 0 Å². The molecule has 2 rings (SSSR count). The Morgan fingerprint density at radius 1 is 1.26 bits per heavy atom. The number of piperazine rings is 1. The molecule has 0 N–H and O–H groups in total. The summed E-state index contributed by atoms with van der Waals surface area (Å²) in [4.78, 5) is 14.3. The minimum atomic E-state index is -0.217. The third-order valence-corrected chi connectivity index (χ3v) is 3.73. The van der Waals surface area contributed by atoms with Crippen molar-refractivity contribution in [1.82, 2.24) is 4.67 Å². The van der Waals surface area contributed by atoms with Gasteiger partial charge >= 0.3 is 5.97 Å². The van der Waals surface area contributed by atoms with Crippen LogP contribution in [0.5, 0.6) is 0 Å². The summed E-state index contributed by atoms with van der Waals surface area (Å²) in [6, 6.07) is 7.71. The molecule has 5 heteroatoms. The first-order valence-corrected chi connectivity index (χ1v) is 7.24. The summed E-state index contributed by atoms with van der Waals surface area (Å²) < 4.78 is 7.47. The van der Waals surface area contributed by atoms with Gasteiger partial charge in [0.25, 0.3) is 0 Å². The zero-order valence-corrected chi connectivity index (χ0v) is 12.5. The highest BCUT2D eigenvalue weighted by atomic mass is 31.0. The molecule has 0 aromatic heterocycles. The van der Waals surface area contributed by atoms with Crippen LogP contribution in [0.2, 0.25) is 0 Å². The van der Waals surface area contributed by atoms with Crippen molar-refractivity contribution < 1.29 is 9.53 Å². The Kier molecular flexibility index (Phi) is 5.17. The van der Waals surface area contributed by atoms with Gasteiger partial charge in [-0.1, -0.05) is 28.4 Å². The fraction of sp³-hybridized carbons (Fsp3) is 0.500. The molecule has 1 fully saturated rings. The first-order valence-electron chi connectivity index (χ1n) is 6.73. The van der Waals surface area contributed by atoms with Crippen LogP contribution < -0.4 is 4.90 Å². The Hall–Kier alpha value is -1.12. The number of nitrogens with zero attached hydrogens (tertiary/aromatic N) is 2. The van der Waals surface area contributed by atoms with Crippen molar-refractivity contribution in [3.8, 4) is 0 Å². The Labute approximate surface area is 117 Å². The average Bonchev–Trinajstić information content (AvgIpc) is 2.45. The van der Waals surface area contributed by atoms with Gasteiger partial charge in [0.15, 0.2) is 0 Å². The van der Waals surface area contributed by atoms with Gasteiger partial charge in [0.05, 0.1) is 17.9 Å². The number of rotatable bonds is 4.